The average Bonchev–Trinajstić information content (AvgIpc) is 3.95. The lowest BCUT2D eigenvalue weighted by molar-refractivity contribution is -0.345. The summed E-state index contributed by atoms with van der Waals surface area (Å²) in [5.74, 6) is -2.92. The minimum atomic E-state index is -2.63. The monoisotopic (exact) mass is 939 g/mol. The number of nitrogens with one attached hydrogen (secondary N) is 1. The van der Waals surface area contributed by atoms with Gasteiger partial charge in [-0.1, -0.05) is 66.3 Å². The number of esters is 3. The minimum Gasteiger partial charge on any atom is -0.456 e. The first-order valence-electron chi connectivity index (χ1n) is 24.0. The van der Waals surface area contributed by atoms with Crippen LogP contribution >= 0.6 is 0 Å². The van der Waals surface area contributed by atoms with Gasteiger partial charge in [0.2, 0.25) is 0 Å². The van der Waals surface area contributed by atoms with E-state index in [2.05, 4.69) is 32.7 Å². The fourth-order valence-corrected chi connectivity index (χ4v) is 15.0. The summed E-state index contributed by atoms with van der Waals surface area (Å²) in [5, 5.41) is 17.1. The summed E-state index contributed by atoms with van der Waals surface area (Å²) in [6.45, 7) is 24.9. The molecule has 15 nitrogen and oxygen atoms in total. The molecule has 3 heterocycles. The fourth-order valence-electron chi connectivity index (χ4n) is 12.2. The van der Waals surface area contributed by atoms with Crippen LogP contribution in [0.25, 0.3) is 0 Å². The highest BCUT2D eigenvalue weighted by Crippen LogP contribution is 2.66. The number of rotatable bonds is 14. The Morgan fingerprint density at radius 3 is 2.24 bits per heavy atom. The van der Waals surface area contributed by atoms with Gasteiger partial charge >= 0.3 is 24.0 Å². The van der Waals surface area contributed by atoms with Crippen molar-refractivity contribution in [1.82, 2.24) is 5.32 Å². The number of fused-ring (bicyclic) bond motifs is 8. The van der Waals surface area contributed by atoms with E-state index in [1.165, 1.54) is 6.92 Å². The Balaban J connectivity index is 1.40. The third-order valence-electron chi connectivity index (χ3n) is 15.9. The Morgan fingerprint density at radius 1 is 1.00 bits per heavy atom. The molecule has 5 fully saturated rings. The van der Waals surface area contributed by atoms with E-state index in [0.717, 1.165) is 0 Å². The average molecular weight is 940 g/mol. The fraction of sp³-hybridized carbons (Fsp3) is 0.720. The van der Waals surface area contributed by atoms with E-state index in [4.69, 9.17) is 42.3 Å². The molecule has 1 aromatic carbocycles. The van der Waals surface area contributed by atoms with Gasteiger partial charge in [-0.25, -0.2) is 14.4 Å². The zero-order valence-corrected chi connectivity index (χ0v) is 41.8. The molecule has 1 aromatic rings. The quantitative estimate of drug-likeness (QED) is 0.0810. The molecule has 366 valence electrons. The van der Waals surface area contributed by atoms with Crippen LogP contribution in [0.5, 0.6) is 0 Å². The van der Waals surface area contributed by atoms with E-state index in [9.17, 15) is 19.5 Å². The SMILES string of the molecule is C=C[C@@H]1O[C@@H]2C3=C(C)[C@@H](OC(=O)[C@H](O[Si](CC)(CC)CC)[C@@H](NC(=O)OC(C)(C)C)C4CCCO4)C[C@@](O)([C@@H](OC(=O)c4ccccc4)[C@H]4[C@@](C)(CC[C@H]5OC[C@]54OC(C)=O)[C@@H]2O1)C3(C)C. The smallest absolute Gasteiger partial charge is 0.408 e. The lowest BCUT2D eigenvalue weighted by Gasteiger charge is -2.68. The van der Waals surface area contributed by atoms with Crippen molar-refractivity contribution in [3.8, 4) is 0 Å². The molecule has 16 heteroatoms. The van der Waals surface area contributed by atoms with E-state index in [-0.39, 0.29) is 18.6 Å². The van der Waals surface area contributed by atoms with Crippen molar-refractivity contribution in [2.24, 2.45) is 16.7 Å². The highest BCUT2D eigenvalue weighted by Gasteiger charge is 2.77. The summed E-state index contributed by atoms with van der Waals surface area (Å²) >= 11 is 0. The molecule has 2 bridgehead atoms. The predicted molar refractivity (Wildman–Crippen MR) is 245 cm³/mol. The molecule has 3 saturated heterocycles. The second-order valence-electron chi connectivity index (χ2n) is 21.1. The summed E-state index contributed by atoms with van der Waals surface area (Å²) in [4.78, 5) is 56.8. The number of ether oxygens (including phenoxy) is 8. The summed E-state index contributed by atoms with van der Waals surface area (Å²) in [7, 11) is -2.63. The van der Waals surface area contributed by atoms with Crippen molar-refractivity contribution in [3.63, 3.8) is 0 Å². The number of hydrogen-bond donors (Lipinski definition) is 2. The van der Waals surface area contributed by atoms with Gasteiger partial charge in [-0.05, 0) is 101 Å². The highest BCUT2D eigenvalue weighted by atomic mass is 28.4. The second kappa shape index (κ2) is 18.7. The number of hydrogen-bond acceptors (Lipinski definition) is 14. The van der Waals surface area contributed by atoms with Gasteiger partial charge in [-0.15, -0.1) is 0 Å². The van der Waals surface area contributed by atoms with Crippen LogP contribution in [0.4, 0.5) is 4.79 Å². The van der Waals surface area contributed by atoms with Gasteiger partial charge in [-0.3, -0.25) is 4.79 Å². The predicted octanol–water partition coefficient (Wildman–Crippen LogP) is 7.49. The lowest BCUT2D eigenvalue weighted by Crippen LogP contribution is -2.79. The number of amides is 1. The topological polar surface area (TPSA) is 184 Å². The van der Waals surface area contributed by atoms with Crippen LogP contribution in [0.15, 0.2) is 54.1 Å². The largest absolute Gasteiger partial charge is 0.456 e. The van der Waals surface area contributed by atoms with Crippen molar-refractivity contribution >= 4 is 32.3 Å². The number of carbonyl (C=O) groups is 4. The molecule has 0 radical (unpaired) electrons. The molecule has 1 amide bonds. The zero-order chi connectivity index (χ0) is 48.2. The molecule has 3 aliphatic heterocycles. The van der Waals surface area contributed by atoms with E-state index in [1.807, 2.05) is 27.7 Å². The maximum Gasteiger partial charge on any atom is 0.408 e. The standard InChI is InChI=1S/C50H73NO14Si/c1-13-35-60-38-36-29(5)33(59-44(54)39(65-66(14-2,15-3)16-4)37(32-23-20-26-57-32)51-45(55)64-46(7,8)9)27-50(56,47(36,10)11)42(62-43(53)31-21-18-17-19-22-31)40-48(12,41(38)61-35)25-24-34-49(40,28-58-34)63-30(6)52/h13,17-19,21-22,32-35,37-42,56H,1,14-16,20,23-28H2,2-12H3,(H,51,55)/t32?,33-,34+,35+,37-,38+,39+,40-,41+,42-,48+,49-,50+/m0/s1. The Labute approximate surface area is 391 Å². The molecular weight excluding hydrogens is 867 g/mol. The number of benzene rings is 1. The van der Waals surface area contributed by atoms with Gasteiger partial charge in [0.15, 0.2) is 26.3 Å². The van der Waals surface area contributed by atoms with E-state index < -0.39 is 121 Å². The van der Waals surface area contributed by atoms with Gasteiger partial charge in [0, 0.05) is 30.8 Å². The normalized spacial score (nSPS) is 35.6. The maximum absolute atomic E-state index is 15.4. The van der Waals surface area contributed by atoms with E-state index >= 15 is 4.79 Å². The van der Waals surface area contributed by atoms with Crippen LogP contribution in [0, 0.1) is 16.7 Å². The number of carbonyl (C=O) groups excluding carboxylic acids is 4. The highest BCUT2D eigenvalue weighted by molar-refractivity contribution is 6.73. The van der Waals surface area contributed by atoms with Crippen molar-refractivity contribution in [2.75, 3.05) is 13.2 Å². The summed E-state index contributed by atoms with van der Waals surface area (Å²) < 4.78 is 58.6. The van der Waals surface area contributed by atoms with Gasteiger partial charge in [-0.2, -0.15) is 0 Å². The first-order valence-corrected chi connectivity index (χ1v) is 26.5. The summed E-state index contributed by atoms with van der Waals surface area (Å²) in [6, 6.07) is 9.63. The van der Waals surface area contributed by atoms with Crippen molar-refractivity contribution in [1.29, 1.82) is 0 Å². The van der Waals surface area contributed by atoms with Crippen LogP contribution in [-0.2, 0) is 51.9 Å². The zero-order valence-electron chi connectivity index (χ0n) is 40.8. The molecular formula is C50H73NO14Si. The van der Waals surface area contributed by atoms with Gasteiger partial charge in [0.05, 0.1) is 36.3 Å². The maximum atomic E-state index is 15.4. The van der Waals surface area contributed by atoms with Crippen LogP contribution in [-0.4, -0.2) is 123 Å². The van der Waals surface area contributed by atoms with E-state index in [1.54, 1.807) is 57.2 Å². The Kier molecular flexibility index (Phi) is 14.2. The summed E-state index contributed by atoms with van der Waals surface area (Å²) in [5.41, 5.74) is -4.92. The van der Waals surface area contributed by atoms with Gasteiger partial charge in [0.25, 0.3) is 0 Å². The lowest BCUT2D eigenvalue weighted by atomic mass is 9.45. The molecule has 0 aromatic heterocycles. The molecule has 7 rings (SSSR count). The molecule has 66 heavy (non-hydrogen) atoms. The van der Waals surface area contributed by atoms with Crippen LogP contribution in [0.2, 0.25) is 18.1 Å². The third-order valence-corrected chi connectivity index (χ3v) is 20.5. The third kappa shape index (κ3) is 8.81. The van der Waals surface area contributed by atoms with Crippen molar-refractivity contribution in [3.05, 3.63) is 59.7 Å². The minimum absolute atomic E-state index is 0.0110. The van der Waals surface area contributed by atoms with E-state index in [0.29, 0.717) is 61.6 Å². The molecule has 6 aliphatic rings. The molecule has 3 aliphatic carbocycles. The van der Waals surface area contributed by atoms with Crippen molar-refractivity contribution in [2.45, 2.75) is 198 Å². The number of aliphatic hydroxyl groups is 1. The first-order chi connectivity index (χ1) is 31.0. The van der Waals surface area contributed by atoms with Crippen LogP contribution < -0.4 is 5.32 Å². The van der Waals surface area contributed by atoms with Crippen LogP contribution in [0.1, 0.15) is 119 Å². The first kappa shape index (κ1) is 50.2. The molecule has 2 N–H and O–H groups in total. The Morgan fingerprint density at radius 2 is 1.68 bits per heavy atom. The Bertz CT molecular complexity index is 2020. The molecule has 2 saturated carbocycles. The van der Waals surface area contributed by atoms with Gasteiger partial charge in [0.1, 0.15) is 35.6 Å². The Hall–Kier alpha value is -3.64. The molecule has 0 spiro atoms. The second-order valence-corrected chi connectivity index (χ2v) is 25.8. The van der Waals surface area contributed by atoms with Gasteiger partial charge < -0.3 is 52.7 Å². The summed E-state index contributed by atoms with van der Waals surface area (Å²) in [6.07, 6.45) is -4.59. The molecule has 1 unspecified atom stereocenters. The number of alkyl carbamates (subject to hydrolysis) is 1. The molecule has 13 atom stereocenters. The van der Waals surface area contributed by atoms with Crippen LogP contribution in [0.3, 0.4) is 0 Å². The van der Waals surface area contributed by atoms with Crippen molar-refractivity contribution < 1.29 is 66.6 Å².